The highest BCUT2D eigenvalue weighted by molar-refractivity contribution is 6.32. The lowest BCUT2D eigenvalue weighted by molar-refractivity contribution is 0.104. The number of anilines is 1. The maximum Gasteiger partial charge on any atom is 0.185 e. The van der Waals surface area contributed by atoms with E-state index in [0.717, 1.165) is 37.6 Å². The van der Waals surface area contributed by atoms with Crippen LogP contribution >= 0.6 is 11.6 Å². The third kappa shape index (κ3) is 5.52. The predicted octanol–water partition coefficient (Wildman–Crippen LogP) is 4.87. The summed E-state index contributed by atoms with van der Waals surface area (Å²) >= 11 is 6.34. The second-order valence-corrected chi connectivity index (χ2v) is 7.45. The van der Waals surface area contributed by atoms with E-state index in [2.05, 4.69) is 4.90 Å². The number of benzene rings is 2. The third-order valence-electron chi connectivity index (χ3n) is 4.56. The van der Waals surface area contributed by atoms with Crippen LogP contribution in [-0.4, -0.2) is 45.3 Å². The Morgan fingerprint density at radius 3 is 2.48 bits per heavy atom. The van der Waals surface area contributed by atoms with Crippen LogP contribution in [0.15, 0.2) is 42.5 Å². The van der Waals surface area contributed by atoms with E-state index in [1.165, 1.54) is 6.08 Å². The van der Waals surface area contributed by atoms with E-state index in [0.29, 0.717) is 22.1 Å². The second-order valence-electron chi connectivity index (χ2n) is 7.04. The quantitative estimate of drug-likeness (QED) is 0.477. The highest BCUT2D eigenvalue weighted by Gasteiger charge is 2.14. The summed E-state index contributed by atoms with van der Waals surface area (Å²) in [5, 5.41) is 0.444. The van der Waals surface area contributed by atoms with Crippen molar-refractivity contribution < 1.29 is 19.0 Å². The third-order valence-corrected chi connectivity index (χ3v) is 4.84. The Kier molecular flexibility index (Phi) is 7.18. The largest absolute Gasteiger partial charge is 0.493 e. The average Bonchev–Trinajstić information content (AvgIpc) is 2.74. The van der Waals surface area contributed by atoms with Crippen molar-refractivity contribution in [1.82, 2.24) is 0 Å². The minimum Gasteiger partial charge on any atom is -0.493 e. The van der Waals surface area contributed by atoms with Gasteiger partial charge in [0.05, 0.1) is 31.5 Å². The molecule has 1 fully saturated rings. The Balaban J connectivity index is 1.72. The van der Waals surface area contributed by atoms with Crippen LogP contribution in [0.2, 0.25) is 5.02 Å². The molecule has 0 spiro atoms. The molecule has 0 aliphatic carbocycles. The summed E-state index contributed by atoms with van der Waals surface area (Å²) in [5.41, 5.74) is 2.50. The number of methoxy groups -OCH3 is 1. The minimum atomic E-state index is -0.0730. The molecule has 6 heteroatoms. The van der Waals surface area contributed by atoms with E-state index in [1.807, 2.05) is 38.1 Å². The van der Waals surface area contributed by atoms with Crippen molar-refractivity contribution >= 4 is 29.1 Å². The number of hydrogen-bond donors (Lipinski definition) is 0. The molecule has 0 unspecified atom stereocenters. The minimum absolute atomic E-state index is 0.0233. The number of allylic oxidation sites excluding steroid dienone is 1. The van der Waals surface area contributed by atoms with Gasteiger partial charge >= 0.3 is 0 Å². The molecule has 0 aromatic heterocycles. The highest BCUT2D eigenvalue weighted by atomic mass is 35.5. The van der Waals surface area contributed by atoms with Gasteiger partial charge in [-0.15, -0.1) is 0 Å². The number of carbonyl (C=O) groups is 1. The molecule has 29 heavy (non-hydrogen) atoms. The van der Waals surface area contributed by atoms with Gasteiger partial charge in [-0.3, -0.25) is 4.79 Å². The van der Waals surface area contributed by atoms with Gasteiger partial charge in [-0.2, -0.15) is 0 Å². The first kappa shape index (κ1) is 21.2. The number of hydrogen-bond acceptors (Lipinski definition) is 5. The van der Waals surface area contributed by atoms with Gasteiger partial charge in [-0.25, -0.2) is 0 Å². The second kappa shape index (κ2) is 9.81. The summed E-state index contributed by atoms with van der Waals surface area (Å²) in [6, 6.07) is 11.2. The Bertz CT molecular complexity index is 871. The first-order valence-electron chi connectivity index (χ1n) is 9.67. The van der Waals surface area contributed by atoms with Gasteiger partial charge < -0.3 is 19.1 Å². The van der Waals surface area contributed by atoms with Crippen LogP contribution in [-0.2, 0) is 4.74 Å². The smallest absolute Gasteiger partial charge is 0.185 e. The molecule has 1 aliphatic heterocycles. The van der Waals surface area contributed by atoms with E-state index in [9.17, 15) is 4.79 Å². The molecular weight excluding hydrogens is 390 g/mol. The maximum absolute atomic E-state index is 12.5. The van der Waals surface area contributed by atoms with Crippen LogP contribution in [0.5, 0.6) is 11.5 Å². The predicted molar refractivity (Wildman–Crippen MR) is 117 cm³/mol. The SMILES string of the molecule is COc1cc(C=CC(=O)c2ccc(N3CCOCC3)cc2)cc(Cl)c1OC(C)C. The normalized spacial score (nSPS) is 14.4. The molecule has 0 radical (unpaired) electrons. The zero-order chi connectivity index (χ0) is 20.8. The molecule has 0 bridgehead atoms. The maximum atomic E-state index is 12.5. The van der Waals surface area contributed by atoms with E-state index in [-0.39, 0.29) is 11.9 Å². The number of carbonyl (C=O) groups excluding carboxylic acids is 1. The number of ketones is 1. The summed E-state index contributed by atoms with van der Waals surface area (Å²) in [6.45, 7) is 7.05. The van der Waals surface area contributed by atoms with E-state index in [1.54, 1.807) is 25.3 Å². The van der Waals surface area contributed by atoms with Crippen LogP contribution in [0.4, 0.5) is 5.69 Å². The van der Waals surface area contributed by atoms with E-state index in [4.69, 9.17) is 25.8 Å². The molecular formula is C23H26ClNO4. The monoisotopic (exact) mass is 415 g/mol. The Morgan fingerprint density at radius 1 is 1.17 bits per heavy atom. The Hall–Kier alpha value is -2.50. The van der Waals surface area contributed by atoms with Gasteiger partial charge in [0.25, 0.3) is 0 Å². The fraction of sp³-hybridized carbons (Fsp3) is 0.348. The van der Waals surface area contributed by atoms with Crippen molar-refractivity contribution in [3.05, 3.63) is 58.6 Å². The first-order chi connectivity index (χ1) is 14.0. The molecule has 1 heterocycles. The van der Waals surface area contributed by atoms with Gasteiger partial charge in [0, 0.05) is 24.3 Å². The average molecular weight is 416 g/mol. The van der Waals surface area contributed by atoms with Gasteiger partial charge in [-0.05, 0) is 61.9 Å². The molecule has 2 aromatic carbocycles. The molecule has 1 saturated heterocycles. The Labute approximate surface area is 176 Å². The van der Waals surface area contributed by atoms with Gasteiger partial charge in [-0.1, -0.05) is 17.7 Å². The van der Waals surface area contributed by atoms with Crippen LogP contribution in [0, 0.1) is 0 Å². The van der Waals surface area contributed by atoms with Crippen molar-refractivity contribution in [2.45, 2.75) is 20.0 Å². The summed E-state index contributed by atoms with van der Waals surface area (Å²) in [4.78, 5) is 14.8. The lowest BCUT2D eigenvalue weighted by Gasteiger charge is -2.28. The molecule has 1 aliphatic rings. The molecule has 0 atom stereocenters. The number of nitrogens with zero attached hydrogens (tertiary/aromatic N) is 1. The first-order valence-corrected chi connectivity index (χ1v) is 10.0. The fourth-order valence-corrected chi connectivity index (χ4v) is 3.38. The van der Waals surface area contributed by atoms with Gasteiger partial charge in [0.1, 0.15) is 0 Å². The van der Waals surface area contributed by atoms with Gasteiger partial charge in [0.2, 0.25) is 0 Å². The summed E-state index contributed by atoms with van der Waals surface area (Å²) in [7, 11) is 1.56. The van der Waals surface area contributed by atoms with Crippen LogP contribution in [0.3, 0.4) is 0 Å². The molecule has 0 amide bonds. The number of ether oxygens (including phenoxy) is 3. The standard InChI is InChI=1S/C23H26ClNO4/c1-16(2)29-23-20(24)14-17(15-22(23)27-3)4-9-21(26)18-5-7-19(8-6-18)25-10-12-28-13-11-25/h4-9,14-16H,10-13H2,1-3H3. The number of morpholine rings is 1. The van der Waals surface area contributed by atoms with Crippen LogP contribution in [0.25, 0.3) is 6.08 Å². The van der Waals surface area contributed by atoms with Crippen molar-refractivity contribution in [2.75, 3.05) is 38.3 Å². The molecule has 2 aromatic rings. The molecule has 0 saturated carbocycles. The zero-order valence-electron chi connectivity index (χ0n) is 17.0. The fourth-order valence-electron chi connectivity index (χ4n) is 3.11. The molecule has 0 N–H and O–H groups in total. The van der Waals surface area contributed by atoms with Gasteiger partial charge in [0.15, 0.2) is 17.3 Å². The lowest BCUT2D eigenvalue weighted by atomic mass is 10.1. The molecule has 3 rings (SSSR count). The Morgan fingerprint density at radius 2 is 1.86 bits per heavy atom. The van der Waals surface area contributed by atoms with Crippen molar-refractivity contribution in [3.63, 3.8) is 0 Å². The van der Waals surface area contributed by atoms with E-state index < -0.39 is 0 Å². The number of rotatable bonds is 7. The van der Waals surface area contributed by atoms with Crippen molar-refractivity contribution in [2.24, 2.45) is 0 Å². The summed E-state index contributed by atoms with van der Waals surface area (Å²) in [5.74, 6) is 0.968. The highest BCUT2D eigenvalue weighted by Crippen LogP contribution is 2.37. The summed E-state index contributed by atoms with van der Waals surface area (Å²) in [6.07, 6.45) is 3.24. The van der Waals surface area contributed by atoms with Crippen LogP contribution in [0.1, 0.15) is 29.8 Å². The van der Waals surface area contributed by atoms with E-state index >= 15 is 0 Å². The van der Waals surface area contributed by atoms with Crippen molar-refractivity contribution in [3.8, 4) is 11.5 Å². The van der Waals surface area contributed by atoms with Crippen molar-refractivity contribution in [1.29, 1.82) is 0 Å². The lowest BCUT2D eigenvalue weighted by Crippen LogP contribution is -2.36. The molecule has 154 valence electrons. The summed E-state index contributed by atoms with van der Waals surface area (Å²) < 4.78 is 16.5. The zero-order valence-corrected chi connectivity index (χ0v) is 17.7. The molecule has 5 nitrogen and oxygen atoms in total. The number of halogens is 1. The topological polar surface area (TPSA) is 48.0 Å². The van der Waals surface area contributed by atoms with Crippen LogP contribution < -0.4 is 14.4 Å².